The highest BCUT2D eigenvalue weighted by molar-refractivity contribution is 7.09. The summed E-state index contributed by atoms with van der Waals surface area (Å²) >= 11 is 1.51. The quantitative estimate of drug-likeness (QED) is 0.297. The molecule has 1 saturated carbocycles. The summed E-state index contributed by atoms with van der Waals surface area (Å²) in [5.41, 5.74) is 6.00. The number of thiazole rings is 1. The van der Waals surface area contributed by atoms with Crippen LogP contribution in [0.2, 0.25) is 0 Å². The van der Waals surface area contributed by atoms with Crippen LogP contribution >= 0.6 is 11.3 Å². The van der Waals surface area contributed by atoms with Gasteiger partial charge in [-0.3, -0.25) is 4.79 Å². The molecule has 2 aromatic heterocycles. The van der Waals surface area contributed by atoms with Gasteiger partial charge < -0.3 is 4.90 Å². The van der Waals surface area contributed by atoms with Gasteiger partial charge in [-0.1, -0.05) is 30.3 Å². The normalized spacial score (nSPS) is 22.4. The Hall–Kier alpha value is -3.84. The molecule has 1 saturated heterocycles. The summed E-state index contributed by atoms with van der Waals surface area (Å²) < 4.78 is 15.4. The summed E-state index contributed by atoms with van der Waals surface area (Å²) in [7, 11) is 0. The summed E-state index contributed by atoms with van der Waals surface area (Å²) in [4.78, 5) is 19.8. The Kier molecular flexibility index (Phi) is 4.88. The summed E-state index contributed by atoms with van der Waals surface area (Å²) in [6, 6.07) is 21.5. The van der Waals surface area contributed by atoms with E-state index < -0.39 is 0 Å². The van der Waals surface area contributed by atoms with Gasteiger partial charge in [-0.25, -0.2) is 14.1 Å². The van der Waals surface area contributed by atoms with Gasteiger partial charge in [0.1, 0.15) is 11.5 Å². The lowest BCUT2D eigenvalue weighted by Crippen LogP contribution is -2.34. The molecule has 0 spiro atoms. The van der Waals surface area contributed by atoms with E-state index in [1.807, 2.05) is 28.1 Å². The maximum absolute atomic E-state index is 13.5. The van der Waals surface area contributed by atoms with Gasteiger partial charge in [-0.05, 0) is 72.9 Å². The average Bonchev–Trinajstić information content (AvgIpc) is 3.32. The number of likely N-dealkylation sites (tertiary alicyclic amines) is 1. The Balaban J connectivity index is 1.31. The van der Waals surface area contributed by atoms with E-state index in [9.17, 15) is 9.18 Å². The number of aromatic nitrogens is 3. The van der Waals surface area contributed by atoms with E-state index >= 15 is 0 Å². The molecule has 1 aliphatic heterocycles. The minimum absolute atomic E-state index is 0.0191. The average molecular weight is 509 g/mol. The van der Waals surface area contributed by atoms with Crippen LogP contribution in [0.3, 0.4) is 0 Å². The van der Waals surface area contributed by atoms with Gasteiger partial charge in [0.15, 0.2) is 0 Å². The van der Waals surface area contributed by atoms with Crippen LogP contribution in [0, 0.1) is 25.6 Å². The van der Waals surface area contributed by atoms with Crippen LogP contribution < -0.4 is 0 Å². The summed E-state index contributed by atoms with van der Waals surface area (Å²) in [6.45, 7) is 5.48. The molecule has 3 aromatic carbocycles. The highest BCUT2D eigenvalue weighted by Crippen LogP contribution is 2.69. The van der Waals surface area contributed by atoms with Gasteiger partial charge in [-0.15, -0.1) is 11.3 Å². The number of carbonyl (C=O) groups is 1. The highest BCUT2D eigenvalue weighted by atomic mass is 32.1. The lowest BCUT2D eigenvalue weighted by atomic mass is 9.86. The first-order valence-electron chi connectivity index (χ1n) is 12.5. The first-order chi connectivity index (χ1) is 18.0. The van der Waals surface area contributed by atoms with E-state index in [0.29, 0.717) is 24.1 Å². The van der Waals surface area contributed by atoms with E-state index in [0.717, 1.165) is 28.1 Å². The van der Waals surface area contributed by atoms with Crippen LogP contribution in [-0.2, 0) is 5.41 Å². The smallest absolute Gasteiger partial charge is 0.273 e. The van der Waals surface area contributed by atoms with E-state index in [-0.39, 0.29) is 17.1 Å². The molecule has 37 heavy (non-hydrogen) atoms. The van der Waals surface area contributed by atoms with Crippen LogP contribution in [0.5, 0.6) is 0 Å². The molecule has 0 N–H and O–H groups in total. The van der Waals surface area contributed by atoms with Crippen molar-refractivity contribution < 1.29 is 9.18 Å². The first kappa shape index (κ1) is 22.4. The van der Waals surface area contributed by atoms with Gasteiger partial charge in [-0.2, -0.15) is 5.10 Å². The number of nitrogens with zero attached hydrogens (tertiary/aromatic N) is 4. The van der Waals surface area contributed by atoms with Crippen LogP contribution in [-0.4, -0.2) is 38.7 Å². The Morgan fingerprint density at radius 1 is 1.08 bits per heavy atom. The number of halogens is 1. The molecule has 5 nitrogen and oxygen atoms in total. The monoisotopic (exact) mass is 508 g/mol. The SMILES string of the molecule is Cc1nc(C(=O)N2C[C@H]3[C@H](c4ccccc4)[C@@]3(c3cc4cnn(-c5ccc(F)cc5)c4cc3C)C2)cs1. The van der Waals surface area contributed by atoms with Crippen molar-refractivity contribution in [1.82, 2.24) is 19.7 Å². The molecule has 7 rings (SSSR count). The van der Waals surface area contributed by atoms with Crippen molar-refractivity contribution in [3.05, 3.63) is 112 Å². The van der Waals surface area contributed by atoms with Crippen molar-refractivity contribution in [3.63, 3.8) is 0 Å². The zero-order valence-corrected chi connectivity index (χ0v) is 21.4. The molecule has 2 fully saturated rings. The van der Waals surface area contributed by atoms with Crippen LogP contribution in [0.4, 0.5) is 4.39 Å². The second-order valence-electron chi connectivity index (χ2n) is 10.2. The van der Waals surface area contributed by atoms with Crippen molar-refractivity contribution >= 4 is 28.1 Å². The Morgan fingerprint density at radius 2 is 1.86 bits per heavy atom. The molecule has 2 aliphatic rings. The minimum Gasteiger partial charge on any atom is -0.336 e. The first-order valence-corrected chi connectivity index (χ1v) is 13.3. The number of piperidine rings is 1. The molecule has 1 aliphatic carbocycles. The number of fused-ring (bicyclic) bond motifs is 2. The predicted molar refractivity (Wildman–Crippen MR) is 143 cm³/mol. The Labute approximate surface area is 218 Å². The Bertz CT molecular complexity index is 1660. The number of amides is 1. The van der Waals surface area contributed by atoms with E-state index in [1.54, 1.807) is 12.1 Å². The van der Waals surface area contributed by atoms with Crippen LogP contribution in [0.15, 0.2) is 78.3 Å². The summed E-state index contributed by atoms with van der Waals surface area (Å²) in [6.07, 6.45) is 1.88. The fourth-order valence-electron chi connectivity index (χ4n) is 6.51. The molecule has 5 aromatic rings. The fourth-order valence-corrected chi connectivity index (χ4v) is 7.10. The number of benzene rings is 3. The third-order valence-corrected chi connectivity index (χ3v) is 8.92. The molecule has 184 valence electrons. The summed E-state index contributed by atoms with van der Waals surface area (Å²) in [5.74, 6) is 0.461. The van der Waals surface area contributed by atoms with E-state index in [2.05, 4.69) is 59.5 Å². The molecular formula is C30H25FN4OS. The van der Waals surface area contributed by atoms with Gasteiger partial charge >= 0.3 is 0 Å². The number of hydrogen-bond donors (Lipinski definition) is 0. The van der Waals surface area contributed by atoms with Gasteiger partial charge in [0.2, 0.25) is 0 Å². The molecule has 1 amide bonds. The highest BCUT2D eigenvalue weighted by Gasteiger charge is 2.71. The number of carbonyl (C=O) groups excluding carboxylic acids is 1. The third-order valence-electron chi connectivity index (χ3n) is 8.15. The number of hydrogen-bond acceptors (Lipinski definition) is 4. The zero-order valence-electron chi connectivity index (χ0n) is 20.6. The lowest BCUT2D eigenvalue weighted by Gasteiger charge is -2.25. The van der Waals surface area contributed by atoms with Crippen molar-refractivity contribution in [1.29, 1.82) is 0 Å². The standard InChI is InChI=1S/C30H25FN4OS/c1-18-12-27-21(14-32-35(27)23-10-8-22(31)9-11-23)13-24(18)30-17-34(29(36)26-16-37-19(2)33-26)15-25(30)28(30)20-6-4-3-5-7-20/h3-14,16,25,28H,15,17H2,1-2H3/t25-,28-,30+/m0/s1. The van der Waals surface area contributed by atoms with Crippen molar-refractivity contribution in [3.8, 4) is 5.69 Å². The molecule has 7 heteroatoms. The maximum Gasteiger partial charge on any atom is 0.273 e. The van der Waals surface area contributed by atoms with E-state index in [4.69, 9.17) is 0 Å². The van der Waals surface area contributed by atoms with Gasteiger partial charge in [0.05, 0.1) is 22.4 Å². The molecule has 3 atom stereocenters. The van der Waals surface area contributed by atoms with Crippen molar-refractivity contribution in [2.45, 2.75) is 25.2 Å². The van der Waals surface area contributed by atoms with Crippen LogP contribution in [0.25, 0.3) is 16.6 Å². The predicted octanol–water partition coefficient (Wildman–Crippen LogP) is 6.05. The zero-order chi connectivity index (χ0) is 25.3. The molecular weight excluding hydrogens is 483 g/mol. The fraction of sp³-hybridized carbons (Fsp3) is 0.233. The lowest BCUT2D eigenvalue weighted by molar-refractivity contribution is 0.0764. The number of rotatable bonds is 4. The second kappa shape index (κ2) is 8.08. The second-order valence-corrected chi connectivity index (χ2v) is 11.3. The topological polar surface area (TPSA) is 51.0 Å². The van der Waals surface area contributed by atoms with E-state index in [1.165, 1.54) is 40.2 Å². The number of aryl methyl sites for hydroxylation is 2. The Morgan fingerprint density at radius 3 is 2.59 bits per heavy atom. The van der Waals surface area contributed by atoms with Crippen molar-refractivity contribution in [2.24, 2.45) is 5.92 Å². The largest absolute Gasteiger partial charge is 0.336 e. The maximum atomic E-state index is 13.5. The molecule has 0 radical (unpaired) electrons. The third kappa shape index (κ3) is 3.37. The van der Waals surface area contributed by atoms with Crippen molar-refractivity contribution in [2.75, 3.05) is 13.1 Å². The minimum atomic E-state index is -0.266. The van der Waals surface area contributed by atoms with Crippen LogP contribution in [0.1, 0.15) is 38.1 Å². The van der Waals surface area contributed by atoms with Gasteiger partial charge in [0, 0.05) is 35.2 Å². The molecule has 3 heterocycles. The summed E-state index contributed by atoms with van der Waals surface area (Å²) in [5, 5.41) is 8.44. The molecule has 0 unspecified atom stereocenters. The molecule has 0 bridgehead atoms. The van der Waals surface area contributed by atoms with Gasteiger partial charge in [0.25, 0.3) is 5.91 Å².